The fraction of sp³-hybridized carbons (Fsp3) is 0.118. The predicted molar refractivity (Wildman–Crippen MR) is 147 cm³/mol. The highest BCUT2D eigenvalue weighted by Gasteiger charge is 2.45. The minimum Gasteiger partial charge on any atom is -0.367 e. The minimum atomic E-state index is -0.339. The van der Waals surface area contributed by atoms with Gasteiger partial charge in [-0.15, -0.1) is 0 Å². The lowest BCUT2D eigenvalue weighted by atomic mass is 9.67. The van der Waals surface area contributed by atoms with Crippen molar-refractivity contribution in [3.8, 4) is 11.1 Å². The summed E-state index contributed by atoms with van der Waals surface area (Å²) in [6.07, 6.45) is 0. The molecule has 0 heterocycles. The molecule has 0 aromatic heterocycles. The van der Waals surface area contributed by atoms with Crippen LogP contribution in [-0.4, -0.2) is 6.54 Å². The van der Waals surface area contributed by atoms with E-state index in [1.165, 1.54) is 44.6 Å². The van der Waals surface area contributed by atoms with Gasteiger partial charge in [-0.2, -0.15) is 0 Å². The van der Waals surface area contributed by atoms with Crippen molar-refractivity contribution in [2.24, 2.45) is 0 Å². The molecule has 0 unspecified atom stereocenters. The standard InChI is InChI=1S/C34H29N/c1-2-35(29-18-10-5-11-19-29)25-26-22-23-31-30-20-12-13-21-32(30)34(33(31)24-26,27-14-6-3-7-15-27)28-16-8-4-9-17-28/h3-24H,2,25H2,1H3. The van der Waals surface area contributed by atoms with E-state index in [1.54, 1.807) is 0 Å². The van der Waals surface area contributed by atoms with Crippen LogP contribution in [0.3, 0.4) is 0 Å². The first-order chi connectivity index (χ1) is 17.3. The van der Waals surface area contributed by atoms with Crippen LogP contribution in [0.15, 0.2) is 133 Å². The molecule has 0 atom stereocenters. The van der Waals surface area contributed by atoms with E-state index in [-0.39, 0.29) is 5.41 Å². The van der Waals surface area contributed by atoms with Gasteiger partial charge in [0.1, 0.15) is 0 Å². The molecular formula is C34H29N. The second kappa shape index (κ2) is 8.92. The summed E-state index contributed by atoms with van der Waals surface area (Å²) in [5.74, 6) is 0. The monoisotopic (exact) mass is 451 g/mol. The number of fused-ring (bicyclic) bond motifs is 3. The summed E-state index contributed by atoms with van der Waals surface area (Å²) in [6.45, 7) is 4.07. The molecule has 0 amide bonds. The lowest BCUT2D eigenvalue weighted by molar-refractivity contribution is 0.763. The van der Waals surface area contributed by atoms with Crippen LogP contribution in [0.5, 0.6) is 0 Å². The average molecular weight is 452 g/mol. The van der Waals surface area contributed by atoms with Crippen LogP contribution in [-0.2, 0) is 12.0 Å². The van der Waals surface area contributed by atoms with Crippen molar-refractivity contribution < 1.29 is 0 Å². The summed E-state index contributed by atoms with van der Waals surface area (Å²) in [4.78, 5) is 2.44. The summed E-state index contributed by atoms with van der Waals surface area (Å²) in [5, 5.41) is 0. The fourth-order valence-electron chi connectivity index (χ4n) is 5.83. The summed E-state index contributed by atoms with van der Waals surface area (Å²) >= 11 is 0. The van der Waals surface area contributed by atoms with Gasteiger partial charge in [-0.3, -0.25) is 0 Å². The number of anilines is 1. The Kier molecular flexibility index (Phi) is 5.47. The van der Waals surface area contributed by atoms with E-state index in [1.807, 2.05) is 0 Å². The quantitative estimate of drug-likeness (QED) is 0.247. The SMILES string of the molecule is CCN(Cc1ccc2c(c1)C(c1ccccc1)(c1ccccc1)c1ccccc1-2)c1ccccc1. The van der Waals surface area contributed by atoms with Crippen LogP contribution in [0.25, 0.3) is 11.1 Å². The van der Waals surface area contributed by atoms with Crippen LogP contribution < -0.4 is 4.90 Å². The van der Waals surface area contributed by atoms with Crippen LogP contribution in [0, 0.1) is 0 Å². The molecule has 0 spiro atoms. The van der Waals surface area contributed by atoms with Gasteiger partial charge >= 0.3 is 0 Å². The third-order valence-electron chi connectivity index (χ3n) is 7.40. The maximum atomic E-state index is 2.46. The number of hydrogen-bond acceptors (Lipinski definition) is 1. The Balaban J connectivity index is 1.58. The van der Waals surface area contributed by atoms with Crippen molar-refractivity contribution >= 4 is 5.69 Å². The van der Waals surface area contributed by atoms with Crippen LogP contribution in [0.1, 0.15) is 34.7 Å². The van der Waals surface area contributed by atoms with E-state index in [4.69, 9.17) is 0 Å². The summed E-state index contributed by atoms with van der Waals surface area (Å²) < 4.78 is 0. The van der Waals surface area contributed by atoms with Crippen molar-refractivity contribution in [1.82, 2.24) is 0 Å². The molecule has 0 fully saturated rings. The van der Waals surface area contributed by atoms with E-state index >= 15 is 0 Å². The molecule has 0 bridgehead atoms. The first-order valence-corrected chi connectivity index (χ1v) is 12.5. The molecule has 35 heavy (non-hydrogen) atoms. The lowest BCUT2D eigenvalue weighted by Crippen LogP contribution is -2.29. The predicted octanol–water partition coefficient (Wildman–Crippen LogP) is 8.08. The number of hydrogen-bond donors (Lipinski definition) is 0. The summed E-state index contributed by atoms with van der Waals surface area (Å²) in [5.41, 5.74) is 10.3. The van der Waals surface area contributed by atoms with Gasteiger partial charge in [-0.1, -0.05) is 121 Å². The molecule has 1 aliphatic carbocycles. The van der Waals surface area contributed by atoms with E-state index in [0.717, 1.165) is 13.1 Å². The Morgan fingerprint density at radius 3 is 1.71 bits per heavy atom. The Bertz CT molecular complexity index is 1400. The molecule has 170 valence electrons. The number of benzene rings is 5. The summed E-state index contributed by atoms with van der Waals surface area (Å²) in [6, 6.07) is 48.8. The molecule has 1 nitrogen and oxygen atoms in total. The Labute approximate surface area is 208 Å². The smallest absolute Gasteiger partial charge is 0.0713 e. The maximum Gasteiger partial charge on any atom is 0.0713 e. The van der Waals surface area contributed by atoms with Gasteiger partial charge < -0.3 is 4.90 Å². The Morgan fingerprint density at radius 2 is 1.09 bits per heavy atom. The maximum absolute atomic E-state index is 2.46. The molecule has 1 heteroatoms. The van der Waals surface area contributed by atoms with E-state index in [2.05, 4.69) is 145 Å². The van der Waals surface area contributed by atoms with E-state index < -0.39 is 0 Å². The molecule has 0 saturated carbocycles. The largest absolute Gasteiger partial charge is 0.367 e. The van der Waals surface area contributed by atoms with Gasteiger partial charge in [-0.05, 0) is 58.0 Å². The first-order valence-electron chi connectivity index (χ1n) is 12.5. The van der Waals surface area contributed by atoms with Crippen molar-refractivity contribution in [2.45, 2.75) is 18.9 Å². The van der Waals surface area contributed by atoms with Gasteiger partial charge in [0.2, 0.25) is 0 Å². The highest BCUT2D eigenvalue weighted by atomic mass is 15.1. The Hall–Kier alpha value is -4.10. The second-order valence-electron chi connectivity index (χ2n) is 9.26. The first kappa shape index (κ1) is 21.4. The third-order valence-corrected chi connectivity index (χ3v) is 7.40. The van der Waals surface area contributed by atoms with E-state index in [0.29, 0.717) is 0 Å². The topological polar surface area (TPSA) is 3.24 Å². The highest BCUT2D eigenvalue weighted by molar-refractivity contribution is 5.86. The van der Waals surface area contributed by atoms with Gasteiger partial charge in [0.15, 0.2) is 0 Å². The minimum absolute atomic E-state index is 0.339. The van der Waals surface area contributed by atoms with Crippen molar-refractivity contribution in [3.63, 3.8) is 0 Å². The average Bonchev–Trinajstić information content (AvgIpc) is 3.23. The molecule has 0 N–H and O–H groups in total. The zero-order valence-corrected chi connectivity index (χ0v) is 20.1. The molecule has 0 saturated heterocycles. The van der Waals surface area contributed by atoms with Crippen molar-refractivity contribution in [3.05, 3.63) is 161 Å². The van der Waals surface area contributed by atoms with Gasteiger partial charge in [0.25, 0.3) is 0 Å². The highest BCUT2D eigenvalue weighted by Crippen LogP contribution is 2.56. The molecule has 1 aliphatic rings. The molecule has 0 radical (unpaired) electrons. The van der Waals surface area contributed by atoms with Crippen LogP contribution in [0.4, 0.5) is 5.69 Å². The normalized spacial score (nSPS) is 13.2. The van der Waals surface area contributed by atoms with Gasteiger partial charge in [0.05, 0.1) is 5.41 Å². The number of para-hydroxylation sites is 1. The molecular weight excluding hydrogens is 422 g/mol. The van der Waals surface area contributed by atoms with E-state index in [9.17, 15) is 0 Å². The molecule has 6 rings (SSSR count). The van der Waals surface area contributed by atoms with Gasteiger partial charge in [0, 0.05) is 18.8 Å². The summed E-state index contributed by atoms with van der Waals surface area (Å²) in [7, 11) is 0. The molecule has 5 aromatic carbocycles. The number of nitrogens with zero attached hydrogens (tertiary/aromatic N) is 1. The zero-order valence-electron chi connectivity index (χ0n) is 20.1. The van der Waals surface area contributed by atoms with Crippen molar-refractivity contribution in [1.29, 1.82) is 0 Å². The second-order valence-corrected chi connectivity index (χ2v) is 9.26. The fourth-order valence-corrected chi connectivity index (χ4v) is 5.83. The molecule has 5 aromatic rings. The number of rotatable bonds is 6. The lowest BCUT2D eigenvalue weighted by Gasteiger charge is -2.34. The zero-order chi connectivity index (χ0) is 23.7. The van der Waals surface area contributed by atoms with Crippen molar-refractivity contribution in [2.75, 3.05) is 11.4 Å². The Morgan fingerprint density at radius 1 is 0.543 bits per heavy atom. The third kappa shape index (κ3) is 3.47. The van der Waals surface area contributed by atoms with Crippen LogP contribution >= 0.6 is 0 Å². The van der Waals surface area contributed by atoms with Gasteiger partial charge in [-0.25, -0.2) is 0 Å². The molecule has 0 aliphatic heterocycles. The van der Waals surface area contributed by atoms with Crippen LogP contribution in [0.2, 0.25) is 0 Å².